The van der Waals surface area contributed by atoms with Gasteiger partial charge in [0.2, 0.25) is 5.91 Å². The number of aliphatic hydroxyl groups excluding tert-OH is 1. The molecule has 0 aromatic heterocycles. The third-order valence-electron chi connectivity index (χ3n) is 12.3. The van der Waals surface area contributed by atoms with E-state index in [1.807, 2.05) is 48.5 Å². The Bertz CT molecular complexity index is 2060. The second-order valence-electron chi connectivity index (χ2n) is 14.9. The van der Waals surface area contributed by atoms with Gasteiger partial charge in [0.15, 0.2) is 6.54 Å². The molecule has 0 spiro atoms. The lowest BCUT2D eigenvalue weighted by molar-refractivity contribution is -1.08. The number of amides is 2. The van der Waals surface area contributed by atoms with Crippen LogP contribution in [0.2, 0.25) is 0 Å². The number of nitrogens with zero attached hydrogens (tertiary/aromatic N) is 4. The van der Waals surface area contributed by atoms with Gasteiger partial charge in [0.25, 0.3) is 15.9 Å². The summed E-state index contributed by atoms with van der Waals surface area (Å²) < 4.78 is 31.3. The molecule has 50 heavy (non-hydrogen) atoms. The van der Waals surface area contributed by atoms with E-state index in [9.17, 15) is 33.0 Å². The molecule has 4 fully saturated rings. The Balaban J connectivity index is 1.00. The second-order valence-corrected chi connectivity index (χ2v) is 16.8. The van der Waals surface area contributed by atoms with E-state index in [0.717, 1.165) is 77.8 Å². The molecule has 3 aromatic carbocycles. The van der Waals surface area contributed by atoms with E-state index < -0.39 is 45.9 Å². The molecule has 6 aliphatic rings. The first-order chi connectivity index (χ1) is 23.8. The molecule has 6 heterocycles. The lowest BCUT2D eigenvalue weighted by atomic mass is 9.78. The van der Waals surface area contributed by atoms with Gasteiger partial charge in [-0.2, -0.15) is 0 Å². The molecule has 9 rings (SSSR count). The number of piperazine rings is 3. The quantitative estimate of drug-likeness (QED) is 0.218. The minimum absolute atomic E-state index is 0.0511. The second kappa shape index (κ2) is 11.6. The summed E-state index contributed by atoms with van der Waals surface area (Å²) in [4.78, 5) is 39.7. The molecule has 13 heteroatoms. The van der Waals surface area contributed by atoms with Crippen LogP contribution in [0.15, 0.2) is 76.8 Å². The zero-order chi connectivity index (χ0) is 35.2. The average Bonchev–Trinajstić information content (AvgIpc) is 3.46. The predicted octanol–water partition coefficient (Wildman–Crippen LogP) is 2.39. The molecule has 3 N–H and O–H groups in total. The van der Waals surface area contributed by atoms with Gasteiger partial charge in [0, 0.05) is 23.4 Å². The van der Waals surface area contributed by atoms with E-state index >= 15 is 0 Å². The highest BCUT2D eigenvalue weighted by Gasteiger charge is 2.60. The zero-order valence-corrected chi connectivity index (χ0v) is 29.1. The number of hydrogen-bond donors (Lipinski definition) is 3. The molecule has 4 atom stereocenters. The summed E-state index contributed by atoms with van der Waals surface area (Å²) in [5.41, 5.74) is 2.59. The Morgan fingerprint density at radius 2 is 1.64 bits per heavy atom. The minimum Gasteiger partial charge on any atom is -0.477 e. The molecule has 0 unspecified atom stereocenters. The maximum absolute atomic E-state index is 14.1. The predicted molar refractivity (Wildman–Crippen MR) is 186 cm³/mol. The van der Waals surface area contributed by atoms with E-state index in [1.165, 1.54) is 16.1 Å². The number of rotatable bonds is 10. The number of quaternary nitrogens is 2. The summed E-state index contributed by atoms with van der Waals surface area (Å²) >= 11 is 0. The van der Waals surface area contributed by atoms with Gasteiger partial charge in [0.05, 0.1) is 41.7 Å². The first kappa shape index (κ1) is 32.9. The summed E-state index contributed by atoms with van der Waals surface area (Å²) in [5.74, 6) is -2.84. The van der Waals surface area contributed by atoms with Crippen LogP contribution in [0.4, 0.5) is 11.4 Å². The number of hydrogen-bond acceptors (Lipinski definition) is 6. The van der Waals surface area contributed by atoms with Crippen molar-refractivity contribution in [2.75, 3.05) is 68.5 Å². The number of carbonyl (C=O) groups excluding carboxylic acids is 2. The molecular weight excluding hydrogens is 659 g/mol. The Hall–Kier alpha value is -4.30. The molecule has 3 aromatic rings. The molecule has 0 saturated carbocycles. The Kier molecular flexibility index (Phi) is 7.64. The van der Waals surface area contributed by atoms with Crippen molar-refractivity contribution in [1.29, 1.82) is 0 Å². The van der Waals surface area contributed by atoms with Gasteiger partial charge in [-0.3, -0.25) is 13.9 Å². The van der Waals surface area contributed by atoms with Crippen LogP contribution in [0.5, 0.6) is 0 Å². The fraction of sp³-hybridized carbons (Fsp3) is 0.432. The van der Waals surface area contributed by atoms with Crippen LogP contribution in [0.1, 0.15) is 19.4 Å². The molecule has 2 amide bonds. The fourth-order valence-electron chi connectivity index (χ4n) is 9.38. The SMILES string of the molecule is C[C@@H](O)[C@H]1C(=O)N2C(C(=O)O)=C(CN3c4cccc5c(CC[N+]67CC[N+](CC(=O)Nc8ccccc8)(CC6)CC7)ccc(c45)S3(=O)=O)[C@H](C)[C@H]12. The number of β-lactam (4-membered cyclic amide) rings is 1. The van der Waals surface area contributed by atoms with Crippen molar-refractivity contribution in [2.45, 2.75) is 37.3 Å². The maximum atomic E-state index is 14.1. The molecule has 6 aliphatic heterocycles. The number of sulfonamides is 1. The number of para-hydroxylation sites is 1. The van der Waals surface area contributed by atoms with Gasteiger partial charge in [-0.1, -0.05) is 43.3 Å². The number of aliphatic hydroxyl groups is 1. The Morgan fingerprint density at radius 3 is 2.30 bits per heavy atom. The lowest BCUT2D eigenvalue weighted by Gasteiger charge is -2.55. The third-order valence-corrected chi connectivity index (χ3v) is 14.1. The molecule has 0 aliphatic carbocycles. The van der Waals surface area contributed by atoms with Crippen LogP contribution in [-0.2, 0) is 30.8 Å². The summed E-state index contributed by atoms with van der Waals surface area (Å²) in [5, 5.41) is 25.0. The standard InChI is InChI=1S/C37H41N5O7S/c1-23-28(35(37(46)47)40-34(23)32(24(2)43)36(40)45)21-39-29-10-6-9-27-25(11-12-30(33(27)29)50(39,48)49)13-14-41-15-18-42(19-16-41,20-17-41)22-31(44)38-26-7-4-3-5-8-26/h3-12,23-24,32,34,43H,13-22H2,1-2H3/p+2/t23-,24+,32+,34+,41?,42?/m0/s1. The van der Waals surface area contributed by atoms with Crippen LogP contribution in [0.25, 0.3) is 10.8 Å². The van der Waals surface area contributed by atoms with Crippen LogP contribution in [0.3, 0.4) is 0 Å². The molecular formula is C37H43N5O7S+2. The minimum atomic E-state index is -4.00. The number of carboxylic acid groups (broad SMARTS) is 1. The first-order valence-corrected chi connectivity index (χ1v) is 18.9. The maximum Gasteiger partial charge on any atom is 0.352 e. The van der Waals surface area contributed by atoms with Crippen LogP contribution >= 0.6 is 0 Å². The molecule has 262 valence electrons. The first-order valence-electron chi connectivity index (χ1n) is 17.4. The van der Waals surface area contributed by atoms with Crippen molar-refractivity contribution in [3.63, 3.8) is 0 Å². The number of carboxylic acids is 1. The van der Waals surface area contributed by atoms with Gasteiger partial charge in [-0.15, -0.1) is 0 Å². The van der Waals surface area contributed by atoms with Gasteiger partial charge >= 0.3 is 5.97 Å². The summed E-state index contributed by atoms with van der Waals surface area (Å²) in [6.45, 7) is 10.4. The normalized spacial score (nSPS) is 29.7. The van der Waals surface area contributed by atoms with Gasteiger partial charge in [-0.25, -0.2) is 13.2 Å². The zero-order valence-electron chi connectivity index (χ0n) is 28.3. The number of benzene rings is 3. The van der Waals surface area contributed by atoms with Gasteiger partial charge in [-0.05, 0) is 47.7 Å². The number of fused-ring (bicyclic) bond motifs is 4. The number of carbonyl (C=O) groups is 3. The summed E-state index contributed by atoms with van der Waals surface area (Å²) in [7, 11) is -4.00. The van der Waals surface area contributed by atoms with Crippen molar-refractivity contribution >= 4 is 50.0 Å². The average molecular weight is 702 g/mol. The highest BCUT2D eigenvalue weighted by Crippen LogP contribution is 2.50. The topological polar surface area (TPSA) is 144 Å². The summed E-state index contributed by atoms with van der Waals surface area (Å²) in [6, 6.07) is 18.2. The number of anilines is 2. The van der Waals surface area contributed by atoms with Crippen molar-refractivity contribution in [2.24, 2.45) is 11.8 Å². The monoisotopic (exact) mass is 701 g/mol. The third kappa shape index (κ3) is 4.96. The number of nitrogens with one attached hydrogen (secondary N) is 1. The van der Waals surface area contributed by atoms with Gasteiger partial charge in [0.1, 0.15) is 45.0 Å². The van der Waals surface area contributed by atoms with Crippen molar-refractivity contribution in [1.82, 2.24) is 4.90 Å². The van der Waals surface area contributed by atoms with E-state index in [1.54, 1.807) is 19.1 Å². The van der Waals surface area contributed by atoms with E-state index in [-0.39, 0.29) is 23.0 Å². The van der Waals surface area contributed by atoms with Crippen LogP contribution in [0, 0.1) is 11.8 Å². The smallest absolute Gasteiger partial charge is 0.352 e. The van der Waals surface area contributed by atoms with Crippen molar-refractivity contribution < 1.29 is 42.0 Å². The molecule has 4 saturated heterocycles. The number of aliphatic carboxylic acids is 1. The summed E-state index contributed by atoms with van der Waals surface area (Å²) in [6.07, 6.45) is -0.166. The van der Waals surface area contributed by atoms with Gasteiger partial charge < -0.3 is 29.4 Å². The lowest BCUT2D eigenvalue weighted by Crippen LogP contribution is -2.76. The fourth-order valence-corrected chi connectivity index (χ4v) is 11.1. The Labute approximate surface area is 291 Å². The van der Waals surface area contributed by atoms with Crippen LogP contribution in [-0.4, -0.2) is 121 Å². The van der Waals surface area contributed by atoms with E-state index in [2.05, 4.69) is 5.32 Å². The van der Waals surface area contributed by atoms with E-state index in [4.69, 9.17) is 0 Å². The van der Waals surface area contributed by atoms with Crippen LogP contribution < -0.4 is 9.62 Å². The Morgan fingerprint density at radius 1 is 0.960 bits per heavy atom. The highest BCUT2D eigenvalue weighted by molar-refractivity contribution is 7.93. The highest BCUT2D eigenvalue weighted by atomic mass is 32.2. The molecule has 0 radical (unpaired) electrons. The van der Waals surface area contributed by atoms with E-state index in [0.29, 0.717) is 23.2 Å². The van der Waals surface area contributed by atoms with Crippen molar-refractivity contribution in [3.8, 4) is 0 Å². The molecule has 12 nitrogen and oxygen atoms in total. The largest absolute Gasteiger partial charge is 0.477 e. The van der Waals surface area contributed by atoms with Crippen molar-refractivity contribution in [3.05, 3.63) is 77.5 Å². The molecule has 2 bridgehead atoms.